The number of amides is 1. The smallest absolute Gasteiger partial charge is 0.271 e. The Morgan fingerprint density at radius 2 is 1.88 bits per heavy atom. The molecule has 2 aromatic carbocycles. The summed E-state index contributed by atoms with van der Waals surface area (Å²) >= 11 is 7.43. The Morgan fingerprint density at radius 1 is 1.19 bits per heavy atom. The fourth-order valence-corrected chi connectivity index (χ4v) is 3.08. The average Bonchev–Trinajstić information content (AvgIpc) is 2.97. The maximum Gasteiger partial charge on any atom is 0.271 e. The van der Waals surface area contributed by atoms with Crippen molar-refractivity contribution in [2.75, 3.05) is 5.32 Å². The van der Waals surface area contributed by atoms with Crippen molar-refractivity contribution in [1.82, 2.24) is 10.4 Å². The van der Waals surface area contributed by atoms with Crippen LogP contribution in [0.4, 0.5) is 10.8 Å². The number of nitrogens with zero attached hydrogens (tertiary/aromatic N) is 2. The largest absolute Gasteiger partial charge is 0.508 e. The van der Waals surface area contributed by atoms with Gasteiger partial charge in [0.05, 0.1) is 11.1 Å². The highest BCUT2D eigenvalue weighted by atomic mass is 35.5. The molecule has 6 nitrogen and oxygen atoms in total. The molecule has 0 aliphatic carbocycles. The molecule has 3 aromatic rings. The summed E-state index contributed by atoms with van der Waals surface area (Å²) in [7, 11) is 0. The zero-order valence-corrected chi connectivity index (χ0v) is 15.3. The first kappa shape index (κ1) is 17.9. The molecule has 0 saturated carbocycles. The molecular weight excluding hydrogens is 372 g/mol. The summed E-state index contributed by atoms with van der Waals surface area (Å²) in [6.07, 6.45) is 1.44. The first-order valence-electron chi connectivity index (χ1n) is 7.64. The predicted molar refractivity (Wildman–Crippen MR) is 105 cm³/mol. The van der Waals surface area contributed by atoms with Crippen LogP contribution in [0, 0.1) is 6.92 Å². The Labute approximate surface area is 159 Å². The van der Waals surface area contributed by atoms with Crippen molar-refractivity contribution in [3.05, 3.63) is 69.7 Å². The van der Waals surface area contributed by atoms with Crippen LogP contribution in [0.15, 0.2) is 53.6 Å². The van der Waals surface area contributed by atoms with Crippen molar-refractivity contribution in [3.8, 4) is 5.75 Å². The lowest BCUT2D eigenvalue weighted by Crippen LogP contribution is -2.17. The minimum atomic E-state index is -0.389. The van der Waals surface area contributed by atoms with Crippen molar-refractivity contribution in [3.63, 3.8) is 0 Å². The highest BCUT2D eigenvalue weighted by Gasteiger charge is 2.08. The molecule has 0 aliphatic heterocycles. The van der Waals surface area contributed by atoms with Gasteiger partial charge < -0.3 is 10.4 Å². The number of carbonyl (C=O) groups is 1. The highest BCUT2D eigenvalue weighted by molar-refractivity contribution is 7.17. The van der Waals surface area contributed by atoms with E-state index in [-0.39, 0.29) is 11.7 Å². The topological polar surface area (TPSA) is 86.6 Å². The van der Waals surface area contributed by atoms with Crippen molar-refractivity contribution in [1.29, 1.82) is 0 Å². The van der Waals surface area contributed by atoms with E-state index in [4.69, 9.17) is 11.6 Å². The van der Waals surface area contributed by atoms with Gasteiger partial charge >= 0.3 is 0 Å². The van der Waals surface area contributed by atoms with Gasteiger partial charge in [-0.15, -0.1) is 0 Å². The Morgan fingerprint density at radius 3 is 2.58 bits per heavy atom. The van der Waals surface area contributed by atoms with Gasteiger partial charge in [0.25, 0.3) is 5.91 Å². The number of aromatic nitrogens is 1. The lowest BCUT2D eigenvalue weighted by Gasteiger charge is -2.01. The molecule has 0 spiro atoms. The summed E-state index contributed by atoms with van der Waals surface area (Å²) in [5, 5.41) is 17.2. The number of nitrogens with one attached hydrogen (secondary N) is 2. The third kappa shape index (κ3) is 4.59. The van der Waals surface area contributed by atoms with Crippen LogP contribution in [-0.2, 0) is 0 Å². The van der Waals surface area contributed by atoms with Gasteiger partial charge in [-0.2, -0.15) is 5.10 Å². The number of benzene rings is 2. The van der Waals surface area contributed by atoms with Gasteiger partial charge in [-0.3, -0.25) is 4.79 Å². The van der Waals surface area contributed by atoms with Crippen LogP contribution in [0.3, 0.4) is 0 Å². The molecule has 1 heterocycles. The number of halogens is 1. The molecule has 8 heteroatoms. The number of phenols is 1. The summed E-state index contributed by atoms with van der Waals surface area (Å²) < 4.78 is 0. The van der Waals surface area contributed by atoms with E-state index in [2.05, 4.69) is 20.8 Å². The number of phenolic OH excluding ortho intramolecular Hbond substituents is 1. The molecule has 1 aromatic heterocycles. The predicted octanol–water partition coefficient (Wildman–Crippen LogP) is 4.32. The number of aryl methyl sites for hydroxylation is 1. The second-order valence-electron chi connectivity index (χ2n) is 5.41. The summed E-state index contributed by atoms with van der Waals surface area (Å²) in [5.41, 5.74) is 4.87. The molecule has 0 saturated heterocycles. The lowest BCUT2D eigenvalue weighted by molar-refractivity contribution is 0.0955. The molecule has 0 bridgehead atoms. The summed E-state index contributed by atoms with van der Waals surface area (Å²) in [6, 6.07) is 13.8. The zero-order chi connectivity index (χ0) is 18.5. The molecule has 0 aliphatic rings. The fourth-order valence-electron chi connectivity index (χ4n) is 2.03. The van der Waals surface area contributed by atoms with Crippen LogP contribution in [0.2, 0.25) is 5.15 Å². The lowest BCUT2D eigenvalue weighted by atomic mass is 10.2. The number of hydrogen-bond donors (Lipinski definition) is 3. The second-order valence-corrected chi connectivity index (χ2v) is 6.80. The Kier molecular flexibility index (Phi) is 5.50. The molecule has 0 fully saturated rings. The van der Waals surface area contributed by atoms with Gasteiger partial charge in [-0.1, -0.05) is 40.6 Å². The maximum absolute atomic E-state index is 11.9. The minimum absolute atomic E-state index is 0.0927. The van der Waals surface area contributed by atoms with E-state index in [0.29, 0.717) is 20.7 Å². The monoisotopic (exact) mass is 386 g/mol. The van der Waals surface area contributed by atoms with Gasteiger partial charge in [-0.25, -0.2) is 10.4 Å². The number of carbonyl (C=O) groups excluding carboxylic acids is 1. The molecular formula is C18H15ClN4O2S. The van der Waals surface area contributed by atoms with E-state index < -0.39 is 0 Å². The van der Waals surface area contributed by atoms with Gasteiger partial charge in [0.2, 0.25) is 0 Å². The zero-order valence-electron chi connectivity index (χ0n) is 13.7. The third-order valence-electron chi connectivity index (χ3n) is 3.39. The van der Waals surface area contributed by atoms with Gasteiger partial charge in [-0.05, 0) is 43.3 Å². The van der Waals surface area contributed by atoms with Gasteiger partial charge in [0.15, 0.2) is 10.3 Å². The van der Waals surface area contributed by atoms with Crippen LogP contribution in [-0.4, -0.2) is 22.2 Å². The molecule has 0 unspecified atom stereocenters. The third-order valence-corrected chi connectivity index (χ3v) is 4.70. The summed E-state index contributed by atoms with van der Waals surface area (Å²) in [4.78, 5) is 16.8. The van der Waals surface area contributed by atoms with E-state index in [1.807, 2.05) is 31.2 Å². The van der Waals surface area contributed by atoms with Gasteiger partial charge in [0, 0.05) is 11.3 Å². The fraction of sp³-hybridized carbons (Fsp3) is 0.0556. The van der Waals surface area contributed by atoms with Crippen LogP contribution in [0.5, 0.6) is 5.75 Å². The van der Waals surface area contributed by atoms with Crippen LogP contribution < -0.4 is 10.7 Å². The summed E-state index contributed by atoms with van der Waals surface area (Å²) in [6.45, 7) is 2.02. The van der Waals surface area contributed by atoms with Crippen molar-refractivity contribution < 1.29 is 9.90 Å². The average molecular weight is 387 g/mol. The normalized spacial score (nSPS) is 10.8. The molecule has 132 valence electrons. The first-order chi connectivity index (χ1) is 12.5. The number of aromatic hydroxyl groups is 1. The van der Waals surface area contributed by atoms with E-state index in [0.717, 1.165) is 5.69 Å². The molecule has 3 N–H and O–H groups in total. The second kappa shape index (κ2) is 7.99. The van der Waals surface area contributed by atoms with E-state index in [1.165, 1.54) is 47.4 Å². The summed E-state index contributed by atoms with van der Waals surface area (Å²) in [5.74, 6) is -0.296. The van der Waals surface area contributed by atoms with Gasteiger partial charge in [0.1, 0.15) is 5.75 Å². The molecule has 1 amide bonds. The van der Waals surface area contributed by atoms with Crippen LogP contribution in [0.25, 0.3) is 0 Å². The van der Waals surface area contributed by atoms with E-state index in [1.54, 1.807) is 0 Å². The molecule has 0 atom stereocenters. The SMILES string of the molecule is Cc1ccc(Nc2nc(Cl)c(/C=N/NC(=O)c3ccc(O)cc3)s2)cc1. The Bertz CT molecular complexity index is 937. The van der Waals surface area contributed by atoms with Crippen molar-refractivity contribution in [2.45, 2.75) is 6.92 Å². The molecule has 26 heavy (non-hydrogen) atoms. The number of anilines is 2. The van der Waals surface area contributed by atoms with Crippen molar-refractivity contribution >= 4 is 45.9 Å². The standard InChI is InChI=1S/C18H15ClN4O2S/c1-11-2-6-13(7-3-11)21-18-22-16(19)15(26-18)10-20-23-17(25)12-4-8-14(24)9-5-12/h2-10,24H,1H3,(H,21,22)(H,23,25)/b20-10+. The first-order valence-corrected chi connectivity index (χ1v) is 8.83. The van der Waals surface area contributed by atoms with E-state index in [9.17, 15) is 9.90 Å². The Balaban J connectivity index is 1.63. The molecule has 3 rings (SSSR count). The number of thiazole rings is 1. The number of hydrazone groups is 1. The van der Waals surface area contributed by atoms with Crippen molar-refractivity contribution in [2.24, 2.45) is 5.10 Å². The number of rotatable bonds is 5. The quantitative estimate of drug-likeness (QED) is 0.450. The minimum Gasteiger partial charge on any atom is -0.508 e. The number of hydrogen-bond acceptors (Lipinski definition) is 6. The molecule has 0 radical (unpaired) electrons. The Hall–Kier alpha value is -2.90. The van der Waals surface area contributed by atoms with Crippen LogP contribution in [0.1, 0.15) is 20.8 Å². The maximum atomic E-state index is 11.9. The highest BCUT2D eigenvalue weighted by Crippen LogP contribution is 2.28. The van der Waals surface area contributed by atoms with E-state index >= 15 is 0 Å². The van der Waals surface area contributed by atoms with Crippen LogP contribution >= 0.6 is 22.9 Å².